The fraction of sp³-hybridized carbons (Fsp3) is 0.364. The molecule has 0 aromatic heterocycles. The summed E-state index contributed by atoms with van der Waals surface area (Å²) in [5.41, 5.74) is 0.832. The number of nitrogens with zero attached hydrogens (tertiary/aromatic N) is 2. The number of urea groups is 1. The van der Waals surface area contributed by atoms with E-state index in [-0.39, 0.29) is 18.6 Å². The fourth-order valence-electron chi connectivity index (χ4n) is 3.55. The molecule has 1 saturated heterocycles. The average Bonchev–Trinajstić information content (AvgIpc) is 2.75. The largest absolute Gasteiger partial charge is 0.465 e. The molecule has 0 spiro atoms. The maximum absolute atomic E-state index is 13.2. The zero-order valence-electron chi connectivity index (χ0n) is 17.2. The summed E-state index contributed by atoms with van der Waals surface area (Å²) in [7, 11) is 2.84. The number of carbonyl (C=O) groups is 2. The van der Waals surface area contributed by atoms with Gasteiger partial charge in [0, 0.05) is 25.9 Å². The Morgan fingerprint density at radius 3 is 2.26 bits per heavy atom. The molecule has 0 radical (unpaired) electrons. The maximum atomic E-state index is 13.2. The lowest BCUT2D eigenvalue weighted by Gasteiger charge is -2.41. The second-order valence-electron chi connectivity index (χ2n) is 7.21. The molecule has 3 rings (SSSR count). The number of amides is 2. The van der Waals surface area contributed by atoms with Crippen LogP contribution in [0.1, 0.15) is 27.9 Å². The van der Waals surface area contributed by atoms with Crippen LogP contribution in [-0.2, 0) is 22.2 Å². The third kappa shape index (κ3) is 5.16. The molecule has 0 saturated carbocycles. The van der Waals surface area contributed by atoms with Crippen molar-refractivity contribution in [2.45, 2.75) is 25.2 Å². The third-order valence-electron chi connectivity index (χ3n) is 5.15. The summed E-state index contributed by atoms with van der Waals surface area (Å²) in [5.74, 6) is -0.478. The lowest BCUT2D eigenvalue weighted by atomic mass is 10.1. The summed E-state index contributed by atoms with van der Waals surface area (Å²) >= 11 is 0. The number of hydrogen-bond donors (Lipinski definition) is 0. The van der Waals surface area contributed by atoms with Crippen LogP contribution in [0.5, 0.6) is 0 Å². The summed E-state index contributed by atoms with van der Waals surface area (Å²) < 4.78 is 48.3. The Morgan fingerprint density at radius 2 is 1.71 bits per heavy atom. The van der Waals surface area contributed by atoms with Crippen molar-refractivity contribution in [3.05, 3.63) is 65.2 Å². The predicted octanol–water partition coefficient (Wildman–Crippen LogP) is 4.34. The summed E-state index contributed by atoms with van der Waals surface area (Å²) in [5, 5.41) is 0. The van der Waals surface area contributed by atoms with Gasteiger partial charge in [0.05, 0.1) is 30.9 Å². The van der Waals surface area contributed by atoms with Gasteiger partial charge < -0.3 is 14.4 Å². The number of carbonyl (C=O) groups excluding carboxylic acids is 2. The molecule has 2 aromatic carbocycles. The molecule has 0 aliphatic carbocycles. The van der Waals surface area contributed by atoms with E-state index in [2.05, 4.69) is 0 Å². The van der Waals surface area contributed by atoms with Crippen molar-refractivity contribution in [2.24, 2.45) is 0 Å². The van der Waals surface area contributed by atoms with Crippen molar-refractivity contribution < 1.29 is 32.2 Å². The fourth-order valence-corrected chi connectivity index (χ4v) is 3.55. The molecular weight excluding hydrogens is 413 g/mol. The monoisotopic (exact) mass is 436 g/mol. The lowest BCUT2D eigenvalue weighted by molar-refractivity contribution is -0.137. The Hall–Kier alpha value is -3.07. The van der Waals surface area contributed by atoms with E-state index < -0.39 is 17.7 Å². The number of halogens is 3. The molecule has 1 heterocycles. The van der Waals surface area contributed by atoms with Gasteiger partial charge in [0.25, 0.3) is 0 Å². The van der Waals surface area contributed by atoms with Crippen molar-refractivity contribution in [2.75, 3.05) is 32.3 Å². The van der Waals surface area contributed by atoms with Gasteiger partial charge in [0.15, 0.2) is 0 Å². The highest BCUT2D eigenvalue weighted by atomic mass is 19.4. The Bertz CT molecular complexity index is 914. The number of anilines is 1. The summed E-state index contributed by atoms with van der Waals surface area (Å²) in [6, 6.07) is 10.8. The van der Waals surface area contributed by atoms with Crippen LogP contribution in [0.15, 0.2) is 48.5 Å². The van der Waals surface area contributed by atoms with Crippen LogP contribution >= 0.6 is 0 Å². The van der Waals surface area contributed by atoms with Crippen molar-refractivity contribution in [1.29, 1.82) is 0 Å². The number of ether oxygens (including phenoxy) is 2. The summed E-state index contributed by atoms with van der Waals surface area (Å²) in [6.45, 7) is 0.969. The van der Waals surface area contributed by atoms with Gasteiger partial charge in [0.1, 0.15) is 0 Å². The van der Waals surface area contributed by atoms with E-state index in [1.165, 1.54) is 19.2 Å². The van der Waals surface area contributed by atoms with E-state index >= 15 is 0 Å². The van der Waals surface area contributed by atoms with E-state index in [0.717, 1.165) is 12.1 Å². The predicted molar refractivity (Wildman–Crippen MR) is 108 cm³/mol. The minimum Gasteiger partial charge on any atom is -0.465 e. The molecule has 0 bridgehead atoms. The quantitative estimate of drug-likeness (QED) is 0.633. The third-order valence-corrected chi connectivity index (χ3v) is 5.15. The second kappa shape index (κ2) is 9.38. The van der Waals surface area contributed by atoms with Crippen LogP contribution in [0.25, 0.3) is 0 Å². The van der Waals surface area contributed by atoms with Gasteiger partial charge >= 0.3 is 18.2 Å². The number of methoxy groups -OCH3 is 2. The molecule has 1 fully saturated rings. The van der Waals surface area contributed by atoms with E-state index in [0.29, 0.717) is 36.4 Å². The number of esters is 1. The Kier molecular flexibility index (Phi) is 6.84. The molecule has 1 aliphatic rings. The van der Waals surface area contributed by atoms with Crippen molar-refractivity contribution >= 4 is 17.7 Å². The minimum absolute atomic E-state index is 0.188. The van der Waals surface area contributed by atoms with E-state index in [1.54, 1.807) is 41.2 Å². The number of rotatable bonds is 6. The minimum atomic E-state index is -4.40. The van der Waals surface area contributed by atoms with E-state index in [9.17, 15) is 22.8 Å². The molecular formula is C22H23F3N2O4. The van der Waals surface area contributed by atoms with Crippen LogP contribution in [0.2, 0.25) is 0 Å². The van der Waals surface area contributed by atoms with Crippen LogP contribution in [-0.4, -0.2) is 50.3 Å². The zero-order chi connectivity index (χ0) is 22.6. The summed E-state index contributed by atoms with van der Waals surface area (Å²) in [6.07, 6.45) is -3.78. The van der Waals surface area contributed by atoms with Crippen LogP contribution in [0, 0.1) is 0 Å². The number of benzene rings is 2. The Labute approximate surface area is 178 Å². The molecule has 2 amide bonds. The van der Waals surface area contributed by atoms with Crippen LogP contribution in [0.4, 0.5) is 23.7 Å². The van der Waals surface area contributed by atoms with Crippen molar-refractivity contribution in [3.8, 4) is 0 Å². The smallest absolute Gasteiger partial charge is 0.416 e. The van der Waals surface area contributed by atoms with Gasteiger partial charge in [-0.05, 0) is 48.4 Å². The average molecular weight is 436 g/mol. The Balaban J connectivity index is 1.80. The molecule has 0 unspecified atom stereocenters. The molecule has 31 heavy (non-hydrogen) atoms. The number of hydrogen-bond acceptors (Lipinski definition) is 4. The van der Waals surface area contributed by atoms with Gasteiger partial charge in [-0.1, -0.05) is 12.1 Å². The van der Waals surface area contributed by atoms with Gasteiger partial charge in [-0.2, -0.15) is 13.2 Å². The Morgan fingerprint density at radius 1 is 1.06 bits per heavy atom. The highest BCUT2D eigenvalue weighted by Crippen LogP contribution is 2.30. The molecule has 9 heteroatoms. The van der Waals surface area contributed by atoms with E-state index in [4.69, 9.17) is 9.47 Å². The first-order chi connectivity index (χ1) is 14.7. The van der Waals surface area contributed by atoms with Crippen LogP contribution in [0.3, 0.4) is 0 Å². The van der Waals surface area contributed by atoms with E-state index in [1.807, 2.05) is 0 Å². The lowest BCUT2D eigenvalue weighted by Crippen LogP contribution is -2.55. The van der Waals surface area contributed by atoms with Gasteiger partial charge in [0.2, 0.25) is 0 Å². The van der Waals surface area contributed by atoms with Gasteiger partial charge in [-0.15, -0.1) is 0 Å². The normalized spacial score (nSPS) is 17.1. The molecule has 1 atom stereocenters. The summed E-state index contributed by atoms with van der Waals surface area (Å²) in [4.78, 5) is 28.1. The zero-order valence-corrected chi connectivity index (χ0v) is 17.2. The molecule has 2 aromatic rings. The number of alkyl halides is 3. The molecule has 1 aliphatic heterocycles. The molecule has 166 valence electrons. The van der Waals surface area contributed by atoms with Gasteiger partial charge in [-0.25, -0.2) is 9.59 Å². The van der Waals surface area contributed by atoms with Crippen LogP contribution < -0.4 is 4.90 Å². The van der Waals surface area contributed by atoms with Gasteiger partial charge in [-0.3, -0.25) is 4.90 Å². The SMILES string of the molecule is COC[C@@H]1CCN(Cc2ccc(C(F)(F)F)cc2)C(=O)N1c1ccc(C(=O)OC)cc1. The van der Waals surface area contributed by atoms with Crippen molar-refractivity contribution in [3.63, 3.8) is 0 Å². The standard InChI is InChI=1S/C22H23F3N2O4/c1-30-14-19-11-12-26(13-15-3-7-17(8-4-15)22(23,24)25)21(29)27(19)18-9-5-16(6-10-18)20(28)31-2/h3-10,19H,11-14H2,1-2H3/t19-/m0/s1. The molecule has 6 nitrogen and oxygen atoms in total. The maximum Gasteiger partial charge on any atom is 0.416 e. The molecule has 0 N–H and O–H groups in total. The first kappa shape index (κ1) is 22.6. The first-order valence-corrected chi connectivity index (χ1v) is 9.66. The first-order valence-electron chi connectivity index (χ1n) is 9.66. The topological polar surface area (TPSA) is 59.1 Å². The van der Waals surface area contributed by atoms with Crippen molar-refractivity contribution in [1.82, 2.24) is 4.90 Å². The highest BCUT2D eigenvalue weighted by molar-refractivity contribution is 5.95. The highest BCUT2D eigenvalue weighted by Gasteiger charge is 2.35. The second-order valence-corrected chi connectivity index (χ2v) is 7.21.